The highest BCUT2D eigenvalue weighted by Crippen LogP contribution is 1.96. The number of rotatable bonds is 1. The van der Waals surface area contributed by atoms with Gasteiger partial charge in [0.1, 0.15) is 11.0 Å². The van der Waals surface area contributed by atoms with Crippen molar-refractivity contribution in [2.75, 3.05) is 0 Å². The summed E-state index contributed by atoms with van der Waals surface area (Å²) < 4.78 is 10.5. The summed E-state index contributed by atoms with van der Waals surface area (Å²) in [6.07, 6.45) is 3.11. The molecule has 48 valence electrons. The van der Waals surface area contributed by atoms with E-state index in [1.54, 1.807) is 24.5 Å². The summed E-state index contributed by atoms with van der Waals surface area (Å²) in [5, 5.41) is 5.06. The van der Waals surface area contributed by atoms with Gasteiger partial charge in [-0.2, -0.15) is 0 Å². The van der Waals surface area contributed by atoms with Crippen LogP contribution < -0.4 is 5.14 Å². The molecule has 0 saturated carbocycles. The van der Waals surface area contributed by atoms with Crippen molar-refractivity contribution in [3.05, 3.63) is 24.5 Å². The lowest BCUT2D eigenvalue weighted by Gasteiger charge is -1.89. The van der Waals surface area contributed by atoms with Crippen molar-refractivity contribution < 1.29 is 4.21 Å². The summed E-state index contributed by atoms with van der Waals surface area (Å²) in [7, 11) is -1.37. The predicted molar refractivity (Wildman–Crippen MR) is 34.8 cm³/mol. The van der Waals surface area contributed by atoms with Crippen LogP contribution in [0.2, 0.25) is 0 Å². The zero-order valence-corrected chi connectivity index (χ0v) is 5.47. The Hall–Kier alpha value is -0.740. The fourth-order valence-corrected chi connectivity index (χ4v) is 0.862. The van der Waals surface area contributed by atoms with E-state index in [-0.39, 0.29) is 0 Å². The van der Waals surface area contributed by atoms with Gasteiger partial charge < -0.3 is 0 Å². The molecule has 1 aromatic rings. The highest BCUT2D eigenvalue weighted by Gasteiger charge is 1.92. The largest absolute Gasteiger partial charge is 0.265 e. The van der Waals surface area contributed by atoms with Gasteiger partial charge in [0.2, 0.25) is 0 Å². The van der Waals surface area contributed by atoms with E-state index in [4.69, 9.17) is 5.14 Å². The van der Waals surface area contributed by atoms with Gasteiger partial charge >= 0.3 is 0 Å². The van der Waals surface area contributed by atoms with Gasteiger partial charge in [0.25, 0.3) is 0 Å². The van der Waals surface area contributed by atoms with Crippen LogP contribution in [0, 0.1) is 0 Å². The average molecular weight is 142 g/mol. The van der Waals surface area contributed by atoms with Gasteiger partial charge in [-0.05, 0) is 12.1 Å². The van der Waals surface area contributed by atoms with Gasteiger partial charge in [0, 0.05) is 12.4 Å². The van der Waals surface area contributed by atoms with E-state index in [1.807, 2.05) is 0 Å². The molecule has 2 N–H and O–H groups in total. The summed E-state index contributed by atoms with van der Waals surface area (Å²) in [6, 6.07) is 3.24. The molecule has 1 atom stereocenters. The topological polar surface area (TPSA) is 56.0 Å². The lowest BCUT2D eigenvalue weighted by molar-refractivity contribution is 0.684. The number of nitrogens with two attached hydrogens (primary N) is 1. The number of hydrogen-bond donors (Lipinski definition) is 1. The third-order valence-corrected chi connectivity index (χ3v) is 1.62. The molecule has 0 radical (unpaired) electrons. The van der Waals surface area contributed by atoms with Crippen LogP contribution in [-0.2, 0) is 11.0 Å². The summed E-state index contributed by atoms with van der Waals surface area (Å²) in [4.78, 5) is 4.34. The van der Waals surface area contributed by atoms with E-state index in [0.717, 1.165) is 0 Å². The maximum absolute atomic E-state index is 10.5. The van der Waals surface area contributed by atoms with Crippen LogP contribution in [-0.4, -0.2) is 9.19 Å². The molecule has 0 spiro atoms. The van der Waals surface area contributed by atoms with Crippen LogP contribution in [0.4, 0.5) is 0 Å². The Morgan fingerprint density at radius 2 is 2.00 bits per heavy atom. The number of nitrogens with zero attached hydrogens (tertiary/aromatic N) is 1. The summed E-state index contributed by atoms with van der Waals surface area (Å²) >= 11 is 0. The van der Waals surface area contributed by atoms with E-state index in [2.05, 4.69) is 4.98 Å². The maximum atomic E-state index is 10.5. The predicted octanol–water partition coefficient (Wildman–Crippen LogP) is 0.0629. The van der Waals surface area contributed by atoms with Crippen molar-refractivity contribution >= 4 is 11.0 Å². The Balaban J connectivity index is 2.98. The van der Waals surface area contributed by atoms with Crippen LogP contribution in [0.25, 0.3) is 0 Å². The summed E-state index contributed by atoms with van der Waals surface area (Å²) in [5.74, 6) is 0. The molecular formula is C5H6N2OS. The van der Waals surface area contributed by atoms with Crippen molar-refractivity contribution in [1.82, 2.24) is 4.98 Å². The van der Waals surface area contributed by atoms with Gasteiger partial charge in [-0.25, -0.2) is 9.35 Å². The molecule has 0 fully saturated rings. The Morgan fingerprint density at radius 3 is 2.33 bits per heavy atom. The van der Waals surface area contributed by atoms with Crippen molar-refractivity contribution in [1.29, 1.82) is 0 Å². The first kappa shape index (κ1) is 6.38. The van der Waals surface area contributed by atoms with E-state index in [0.29, 0.717) is 4.90 Å². The van der Waals surface area contributed by atoms with Crippen molar-refractivity contribution in [2.45, 2.75) is 4.90 Å². The molecule has 1 aromatic heterocycles. The molecule has 0 aliphatic heterocycles. The molecule has 4 heteroatoms. The second-order valence-corrected chi connectivity index (χ2v) is 2.55. The van der Waals surface area contributed by atoms with Crippen LogP contribution in [0.3, 0.4) is 0 Å². The van der Waals surface area contributed by atoms with Gasteiger partial charge in [0.15, 0.2) is 0 Å². The minimum Gasteiger partial charge on any atom is -0.265 e. The summed E-state index contributed by atoms with van der Waals surface area (Å²) in [6.45, 7) is 0. The van der Waals surface area contributed by atoms with Gasteiger partial charge in [-0.1, -0.05) is 0 Å². The fraction of sp³-hybridized carbons (Fsp3) is 0. The SMILES string of the molecule is N[S@](=O)c1ccncc1. The minimum atomic E-state index is -1.37. The molecule has 0 bridgehead atoms. The quantitative estimate of drug-likeness (QED) is 0.603. The minimum absolute atomic E-state index is 0.602. The lowest BCUT2D eigenvalue weighted by Crippen LogP contribution is -2.01. The van der Waals surface area contributed by atoms with Gasteiger partial charge in [-0.3, -0.25) is 4.98 Å². The monoisotopic (exact) mass is 142 g/mol. The van der Waals surface area contributed by atoms with E-state index >= 15 is 0 Å². The first-order valence-electron chi connectivity index (χ1n) is 2.37. The Bertz CT molecular complexity index is 211. The van der Waals surface area contributed by atoms with Crippen LogP contribution in [0.5, 0.6) is 0 Å². The molecule has 9 heavy (non-hydrogen) atoms. The third-order valence-electron chi connectivity index (χ3n) is 0.882. The zero-order valence-electron chi connectivity index (χ0n) is 4.65. The van der Waals surface area contributed by atoms with E-state index in [1.165, 1.54) is 0 Å². The number of pyridine rings is 1. The van der Waals surface area contributed by atoms with Crippen molar-refractivity contribution in [3.63, 3.8) is 0 Å². The van der Waals surface area contributed by atoms with Crippen LogP contribution in [0.15, 0.2) is 29.4 Å². The van der Waals surface area contributed by atoms with Crippen LogP contribution in [0.1, 0.15) is 0 Å². The smallest absolute Gasteiger partial charge is 0.122 e. The van der Waals surface area contributed by atoms with Gasteiger partial charge in [-0.15, -0.1) is 0 Å². The highest BCUT2D eigenvalue weighted by molar-refractivity contribution is 7.82. The molecule has 1 heterocycles. The maximum Gasteiger partial charge on any atom is 0.122 e. The van der Waals surface area contributed by atoms with E-state index in [9.17, 15) is 4.21 Å². The van der Waals surface area contributed by atoms with Crippen molar-refractivity contribution in [3.8, 4) is 0 Å². The first-order valence-corrected chi connectivity index (χ1v) is 3.58. The number of hydrogen-bond acceptors (Lipinski definition) is 2. The molecule has 0 unspecified atom stereocenters. The fourth-order valence-electron chi connectivity index (χ4n) is 0.472. The second kappa shape index (κ2) is 2.70. The molecule has 0 aliphatic carbocycles. The second-order valence-electron chi connectivity index (χ2n) is 1.48. The molecule has 0 saturated heterocycles. The van der Waals surface area contributed by atoms with Crippen molar-refractivity contribution in [2.24, 2.45) is 5.14 Å². The van der Waals surface area contributed by atoms with Crippen LogP contribution >= 0.6 is 0 Å². The summed E-state index contributed by atoms with van der Waals surface area (Å²) in [5.41, 5.74) is 0. The highest BCUT2D eigenvalue weighted by atomic mass is 32.2. The first-order chi connectivity index (χ1) is 4.30. The zero-order chi connectivity index (χ0) is 6.69. The molecular weight excluding hydrogens is 136 g/mol. The molecule has 0 amide bonds. The Labute approximate surface area is 55.5 Å². The Kier molecular flexibility index (Phi) is 1.92. The third kappa shape index (κ3) is 1.58. The van der Waals surface area contributed by atoms with Gasteiger partial charge in [0.05, 0.1) is 4.90 Å². The molecule has 3 nitrogen and oxygen atoms in total. The standard InChI is InChI=1S/C5H6N2OS/c6-9(8)5-1-3-7-4-2-5/h1-4H,6H2/t9-/m1/s1. The average Bonchev–Trinajstić information content (AvgIpc) is 1.90. The molecule has 0 aliphatic rings. The molecule has 1 rings (SSSR count). The Morgan fingerprint density at radius 1 is 1.44 bits per heavy atom. The van der Waals surface area contributed by atoms with E-state index < -0.39 is 11.0 Å². The normalized spacial score (nSPS) is 13.0. The molecule has 0 aromatic carbocycles. The lowest BCUT2D eigenvalue weighted by atomic mass is 10.5. The number of aromatic nitrogens is 1.